The quantitative estimate of drug-likeness (QED) is 0.143. The normalized spacial score (nSPS) is 25.3. The molecule has 1 saturated carbocycles. The Morgan fingerprint density at radius 3 is 2.39 bits per heavy atom. The van der Waals surface area contributed by atoms with Crippen LogP contribution in [0.1, 0.15) is 86.5 Å². The number of carbonyl (C=O) groups is 1. The number of ether oxygens (including phenoxy) is 1. The van der Waals surface area contributed by atoms with Crippen LogP contribution in [0, 0.1) is 29.6 Å². The summed E-state index contributed by atoms with van der Waals surface area (Å²) in [5, 5.41) is 39.7. The third kappa shape index (κ3) is 12.2. The average molecular weight is 509 g/mol. The molecule has 36 heavy (non-hydrogen) atoms. The Bertz CT molecular complexity index is 736. The third-order valence-electron chi connectivity index (χ3n) is 7.72. The molecule has 0 bridgehead atoms. The molecule has 4 N–H and O–H groups in total. The lowest BCUT2D eigenvalue weighted by molar-refractivity contribution is -0.139. The van der Waals surface area contributed by atoms with Crippen LogP contribution in [0.5, 0.6) is 0 Å². The molecule has 0 unspecified atom stereocenters. The van der Waals surface area contributed by atoms with Crippen molar-refractivity contribution in [3.8, 4) is 0 Å². The van der Waals surface area contributed by atoms with E-state index in [4.69, 9.17) is 9.84 Å². The summed E-state index contributed by atoms with van der Waals surface area (Å²) in [7, 11) is 1.78. The fourth-order valence-electron chi connectivity index (χ4n) is 5.24. The van der Waals surface area contributed by atoms with Crippen LogP contribution in [-0.2, 0) is 9.53 Å². The largest absolute Gasteiger partial charge is 0.481 e. The molecule has 0 aromatic rings. The molecule has 6 heteroatoms. The summed E-state index contributed by atoms with van der Waals surface area (Å²) < 4.78 is 5.60. The Morgan fingerprint density at radius 2 is 1.81 bits per heavy atom. The van der Waals surface area contributed by atoms with E-state index in [0.29, 0.717) is 36.5 Å². The van der Waals surface area contributed by atoms with Crippen molar-refractivity contribution in [1.29, 1.82) is 0 Å². The van der Waals surface area contributed by atoms with Gasteiger partial charge in [0, 0.05) is 13.0 Å². The van der Waals surface area contributed by atoms with Crippen molar-refractivity contribution in [3.63, 3.8) is 0 Å². The molecule has 1 aliphatic rings. The Kier molecular flexibility index (Phi) is 14.2. The van der Waals surface area contributed by atoms with Crippen molar-refractivity contribution in [2.24, 2.45) is 29.6 Å². The first-order valence-electron chi connectivity index (χ1n) is 13.6. The second-order valence-electron chi connectivity index (χ2n) is 11.5. The highest BCUT2D eigenvalue weighted by Gasteiger charge is 2.48. The van der Waals surface area contributed by atoms with E-state index in [-0.39, 0.29) is 31.0 Å². The zero-order chi connectivity index (χ0) is 27.5. The molecule has 0 amide bonds. The van der Waals surface area contributed by atoms with Gasteiger partial charge in [0.2, 0.25) is 0 Å². The van der Waals surface area contributed by atoms with Crippen LogP contribution in [0.3, 0.4) is 0 Å². The van der Waals surface area contributed by atoms with Crippen LogP contribution in [0.2, 0.25) is 0 Å². The van der Waals surface area contributed by atoms with Gasteiger partial charge in [0.25, 0.3) is 0 Å². The minimum Gasteiger partial charge on any atom is -0.481 e. The number of methoxy groups -OCH3 is 1. The van der Waals surface area contributed by atoms with E-state index >= 15 is 0 Å². The molecule has 1 aliphatic carbocycles. The Hall–Kier alpha value is -1.47. The van der Waals surface area contributed by atoms with E-state index in [2.05, 4.69) is 58.9 Å². The van der Waals surface area contributed by atoms with Crippen molar-refractivity contribution in [3.05, 3.63) is 36.0 Å². The monoisotopic (exact) mass is 508 g/mol. The highest BCUT2D eigenvalue weighted by atomic mass is 16.5. The maximum Gasteiger partial charge on any atom is 0.305 e. The van der Waals surface area contributed by atoms with Crippen molar-refractivity contribution < 1.29 is 30.0 Å². The van der Waals surface area contributed by atoms with Crippen LogP contribution >= 0.6 is 0 Å². The van der Waals surface area contributed by atoms with Gasteiger partial charge in [-0.3, -0.25) is 4.79 Å². The molecule has 208 valence electrons. The standard InChI is InChI=1S/C30H52O6/c1-8-27(36-7)23(5)25-19-26(25)29(34)22(4)13-9-11-20(2)17-21(3)12-10-15-30(6,35)16-14-24(31)18-28(32)33/h9-13,21-27,29,31,34-35H,8,14-19H2,1-7H3,(H,32,33)/b12-10+,13-9+,20-11+/t21-,22+,23-,24+,25+,26-,27-,29+,30-/m0/s1. The Morgan fingerprint density at radius 1 is 1.14 bits per heavy atom. The fourth-order valence-corrected chi connectivity index (χ4v) is 5.24. The Balaban J connectivity index is 2.43. The van der Waals surface area contributed by atoms with Crippen LogP contribution in [-0.4, -0.2) is 57.4 Å². The zero-order valence-corrected chi connectivity index (χ0v) is 23.6. The van der Waals surface area contributed by atoms with Gasteiger partial charge >= 0.3 is 5.97 Å². The van der Waals surface area contributed by atoms with Gasteiger partial charge in [-0.05, 0) is 76.0 Å². The van der Waals surface area contributed by atoms with E-state index in [1.807, 2.05) is 6.08 Å². The Labute approximate surface area is 219 Å². The lowest BCUT2D eigenvalue weighted by Gasteiger charge is -2.23. The van der Waals surface area contributed by atoms with Gasteiger partial charge in [-0.2, -0.15) is 0 Å². The number of carboxylic acids is 1. The fraction of sp³-hybridized carbons (Fsp3) is 0.767. The number of carboxylic acid groups (broad SMARTS) is 1. The number of hydrogen-bond donors (Lipinski definition) is 4. The second-order valence-corrected chi connectivity index (χ2v) is 11.5. The minimum atomic E-state index is -1.03. The molecule has 6 nitrogen and oxygen atoms in total. The molecular formula is C30H52O6. The van der Waals surface area contributed by atoms with Gasteiger partial charge in [-0.15, -0.1) is 0 Å². The molecule has 0 aliphatic heterocycles. The van der Waals surface area contributed by atoms with Gasteiger partial charge in [-0.1, -0.05) is 63.6 Å². The summed E-state index contributed by atoms with van der Waals surface area (Å²) in [5.41, 5.74) is 0.275. The molecule has 0 aromatic heterocycles. The summed E-state index contributed by atoms with van der Waals surface area (Å²) in [6.45, 7) is 12.4. The predicted octanol–water partition coefficient (Wildman–Crippen LogP) is 5.52. The number of hydrogen-bond acceptors (Lipinski definition) is 5. The topological polar surface area (TPSA) is 107 Å². The lowest BCUT2D eigenvalue weighted by Crippen LogP contribution is -2.26. The van der Waals surface area contributed by atoms with Gasteiger partial charge < -0.3 is 25.2 Å². The van der Waals surface area contributed by atoms with E-state index in [0.717, 1.165) is 19.3 Å². The van der Waals surface area contributed by atoms with Crippen LogP contribution < -0.4 is 0 Å². The molecule has 1 rings (SSSR count). The number of allylic oxidation sites excluding steroid dienone is 4. The first-order valence-corrected chi connectivity index (χ1v) is 13.6. The molecule has 0 radical (unpaired) electrons. The van der Waals surface area contributed by atoms with E-state index in [1.54, 1.807) is 14.0 Å². The summed E-state index contributed by atoms with van der Waals surface area (Å²) in [6.07, 6.45) is 13.1. The molecule has 9 atom stereocenters. The summed E-state index contributed by atoms with van der Waals surface area (Å²) in [4.78, 5) is 10.6. The smallest absolute Gasteiger partial charge is 0.305 e. The highest BCUT2D eigenvalue weighted by molar-refractivity contribution is 5.67. The molecule has 0 spiro atoms. The van der Waals surface area contributed by atoms with Crippen LogP contribution in [0.4, 0.5) is 0 Å². The lowest BCUT2D eigenvalue weighted by atomic mass is 9.91. The molecule has 1 fully saturated rings. The average Bonchev–Trinajstić information content (AvgIpc) is 3.58. The van der Waals surface area contributed by atoms with Crippen molar-refractivity contribution in [2.45, 2.75) is 110 Å². The zero-order valence-electron chi connectivity index (χ0n) is 23.6. The maximum absolute atomic E-state index is 10.8. The highest BCUT2D eigenvalue weighted by Crippen LogP contribution is 2.49. The summed E-state index contributed by atoms with van der Waals surface area (Å²) >= 11 is 0. The minimum absolute atomic E-state index is 0.104. The number of rotatable bonds is 18. The molecule has 0 heterocycles. The predicted molar refractivity (Wildman–Crippen MR) is 146 cm³/mol. The van der Waals surface area contributed by atoms with Gasteiger partial charge in [0.05, 0.1) is 30.3 Å². The molecule has 0 saturated heterocycles. The summed E-state index contributed by atoms with van der Waals surface area (Å²) in [6, 6.07) is 0. The summed E-state index contributed by atoms with van der Waals surface area (Å²) in [5.74, 6) is 0.756. The van der Waals surface area contributed by atoms with Crippen molar-refractivity contribution in [2.75, 3.05) is 7.11 Å². The van der Waals surface area contributed by atoms with Crippen LogP contribution in [0.25, 0.3) is 0 Å². The van der Waals surface area contributed by atoms with Gasteiger partial charge in [-0.25, -0.2) is 0 Å². The second kappa shape index (κ2) is 15.7. The first kappa shape index (κ1) is 32.6. The maximum atomic E-state index is 10.8. The number of aliphatic carboxylic acids is 1. The first-order chi connectivity index (χ1) is 16.8. The van der Waals surface area contributed by atoms with Crippen LogP contribution in [0.15, 0.2) is 36.0 Å². The van der Waals surface area contributed by atoms with E-state index in [1.165, 1.54) is 5.57 Å². The number of aliphatic hydroxyl groups excluding tert-OH is 2. The SMILES string of the molecule is CC[C@H](OC)[C@@H](C)[C@H]1C[C@@H]1[C@H](O)[C@H](C)/C=C/C=C(\C)C[C@@H](C)/C=C/C[C@](C)(O)CC[C@@H](O)CC(=O)O. The number of aliphatic hydroxyl groups is 3. The van der Waals surface area contributed by atoms with Gasteiger partial charge in [0.1, 0.15) is 0 Å². The van der Waals surface area contributed by atoms with E-state index in [9.17, 15) is 20.1 Å². The van der Waals surface area contributed by atoms with Crippen molar-refractivity contribution in [1.82, 2.24) is 0 Å². The molecule has 0 aromatic carbocycles. The molecular weight excluding hydrogens is 456 g/mol. The van der Waals surface area contributed by atoms with Crippen molar-refractivity contribution >= 4 is 5.97 Å². The van der Waals surface area contributed by atoms with E-state index < -0.39 is 17.7 Å². The van der Waals surface area contributed by atoms with Gasteiger partial charge in [0.15, 0.2) is 0 Å². The third-order valence-corrected chi connectivity index (χ3v) is 7.72.